The van der Waals surface area contributed by atoms with Crippen molar-refractivity contribution < 1.29 is 13.2 Å². The highest BCUT2D eigenvalue weighted by atomic mass is 35.5. The zero-order chi connectivity index (χ0) is 15.9. The summed E-state index contributed by atoms with van der Waals surface area (Å²) in [5.74, 6) is 0.0301. The van der Waals surface area contributed by atoms with Gasteiger partial charge in [-0.25, -0.2) is 18.1 Å². The van der Waals surface area contributed by atoms with Crippen LogP contribution >= 0.6 is 11.6 Å². The van der Waals surface area contributed by atoms with Crippen LogP contribution in [0.2, 0.25) is 5.02 Å². The Morgan fingerprint density at radius 1 is 1.38 bits per heavy atom. The van der Waals surface area contributed by atoms with E-state index < -0.39 is 10.0 Å². The number of rotatable bonds is 8. The normalized spacial score (nSPS) is 11.2. The number of hydrogen-bond donors (Lipinski definition) is 3. The summed E-state index contributed by atoms with van der Waals surface area (Å²) < 4.78 is 26.2. The molecule has 0 bridgehead atoms. The van der Waals surface area contributed by atoms with Crippen LogP contribution in [0.5, 0.6) is 0 Å². The van der Waals surface area contributed by atoms with E-state index >= 15 is 0 Å². The van der Waals surface area contributed by atoms with Crippen LogP contribution in [0.3, 0.4) is 0 Å². The number of pyridine rings is 1. The number of carbonyl (C=O) groups excluding carboxylic acids is 1. The maximum absolute atomic E-state index is 12.0. The maximum Gasteiger partial charge on any atom is 0.242 e. The molecule has 0 aliphatic carbocycles. The molecule has 1 heterocycles. The van der Waals surface area contributed by atoms with Crippen molar-refractivity contribution in [2.24, 2.45) is 0 Å². The molecule has 0 aliphatic heterocycles. The molecule has 0 fully saturated rings. The van der Waals surface area contributed by atoms with Crippen LogP contribution in [0.15, 0.2) is 17.2 Å². The van der Waals surface area contributed by atoms with Crippen LogP contribution in [-0.4, -0.2) is 38.9 Å². The molecular formula is C12H19ClN4O3S. The minimum absolute atomic E-state index is 0.0857. The molecule has 0 aromatic carbocycles. The van der Waals surface area contributed by atoms with Crippen molar-refractivity contribution in [3.05, 3.63) is 17.3 Å². The lowest BCUT2D eigenvalue weighted by atomic mass is 10.4. The van der Waals surface area contributed by atoms with Crippen molar-refractivity contribution >= 4 is 33.3 Å². The van der Waals surface area contributed by atoms with E-state index in [4.69, 9.17) is 11.6 Å². The molecule has 118 valence electrons. The third-order valence-corrected chi connectivity index (χ3v) is 4.12. The summed E-state index contributed by atoms with van der Waals surface area (Å²) in [7, 11) is -3.82. The maximum atomic E-state index is 12.0. The standard InChI is InChI=1S/C12H19ClN4O3S/c1-3-5-15-11(18)8-17-21(19,20)9-6-10(13)12(14-4-2)16-7-9/h6-7,17H,3-5,8H2,1-2H3,(H,14,16)(H,15,18). The smallest absolute Gasteiger partial charge is 0.242 e. The second kappa shape index (κ2) is 8.16. The van der Waals surface area contributed by atoms with Gasteiger partial charge >= 0.3 is 0 Å². The number of carbonyl (C=O) groups is 1. The molecule has 3 N–H and O–H groups in total. The number of amides is 1. The molecule has 0 saturated heterocycles. The highest BCUT2D eigenvalue weighted by Crippen LogP contribution is 2.22. The van der Waals surface area contributed by atoms with Crippen LogP contribution in [0.4, 0.5) is 5.82 Å². The molecule has 0 radical (unpaired) electrons. The Hall–Kier alpha value is -1.38. The highest BCUT2D eigenvalue weighted by molar-refractivity contribution is 7.89. The van der Waals surface area contributed by atoms with Gasteiger partial charge in [0.2, 0.25) is 15.9 Å². The Morgan fingerprint density at radius 3 is 2.67 bits per heavy atom. The average molecular weight is 335 g/mol. The Labute approximate surface area is 129 Å². The lowest BCUT2D eigenvalue weighted by Gasteiger charge is -2.09. The van der Waals surface area contributed by atoms with Crippen molar-refractivity contribution in [1.29, 1.82) is 0 Å². The molecule has 0 unspecified atom stereocenters. The molecule has 1 aromatic heterocycles. The second-order valence-electron chi connectivity index (χ2n) is 4.21. The lowest BCUT2D eigenvalue weighted by Crippen LogP contribution is -2.37. The van der Waals surface area contributed by atoms with E-state index in [0.29, 0.717) is 18.9 Å². The van der Waals surface area contributed by atoms with Crippen LogP contribution in [0.25, 0.3) is 0 Å². The summed E-state index contributed by atoms with van der Waals surface area (Å²) in [6, 6.07) is 1.29. The summed E-state index contributed by atoms with van der Waals surface area (Å²) in [5.41, 5.74) is 0. The number of anilines is 1. The highest BCUT2D eigenvalue weighted by Gasteiger charge is 2.17. The van der Waals surface area contributed by atoms with Crippen molar-refractivity contribution in [3.8, 4) is 0 Å². The van der Waals surface area contributed by atoms with Crippen molar-refractivity contribution in [2.75, 3.05) is 25.0 Å². The zero-order valence-corrected chi connectivity index (χ0v) is 13.5. The minimum Gasteiger partial charge on any atom is -0.369 e. The van der Waals surface area contributed by atoms with E-state index in [1.165, 1.54) is 12.3 Å². The molecule has 21 heavy (non-hydrogen) atoms. The topological polar surface area (TPSA) is 100 Å². The monoisotopic (exact) mass is 334 g/mol. The van der Waals surface area contributed by atoms with Gasteiger partial charge in [0.05, 0.1) is 11.6 Å². The van der Waals surface area contributed by atoms with Crippen molar-refractivity contribution in [2.45, 2.75) is 25.2 Å². The number of aromatic nitrogens is 1. The Balaban J connectivity index is 2.74. The van der Waals surface area contributed by atoms with Gasteiger partial charge < -0.3 is 10.6 Å². The first kappa shape index (κ1) is 17.7. The fraction of sp³-hybridized carbons (Fsp3) is 0.500. The van der Waals surface area contributed by atoms with Crippen molar-refractivity contribution in [3.63, 3.8) is 0 Å². The number of halogens is 1. The third-order valence-electron chi connectivity index (χ3n) is 2.47. The summed E-state index contributed by atoms with van der Waals surface area (Å²) in [6.45, 7) is 4.58. The quantitative estimate of drug-likeness (QED) is 0.657. The fourth-order valence-corrected chi connectivity index (χ4v) is 2.69. The summed E-state index contributed by atoms with van der Waals surface area (Å²) in [4.78, 5) is 15.3. The van der Waals surface area contributed by atoms with E-state index in [1.807, 2.05) is 13.8 Å². The van der Waals surface area contributed by atoms with E-state index in [2.05, 4.69) is 20.3 Å². The van der Waals surface area contributed by atoms with E-state index in [0.717, 1.165) is 6.42 Å². The van der Waals surface area contributed by atoms with E-state index in [1.54, 1.807) is 0 Å². The number of nitrogens with zero attached hydrogens (tertiary/aromatic N) is 1. The molecule has 1 rings (SSSR count). The number of sulfonamides is 1. The van der Waals surface area contributed by atoms with Crippen LogP contribution < -0.4 is 15.4 Å². The van der Waals surface area contributed by atoms with Gasteiger partial charge in [0.25, 0.3) is 0 Å². The molecular weight excluding hydrogens is 316 g/mol. The number of nitrogens with one attached hydrogen (secondary N) is 3. The van der Waals surface area contributed by atoms with E-state index in [-0.39, 0.29) is 22.4 Å². The molecule has 0 spiro atoms. The first-order valence-corrected chi connectivity index (χ1v) is 8.42. The Morgan fingerprint density at radius 2 is 2.10 bits per heavy atom. The van der Waals surface area contributed by atoms with Gasteiger partial charge in [0.1, 0.15) is 10.7 Å². The zero-order valence-electron chi connectivity index (χ0n) is 11.9. The Bertz CT molecular complexity index is 592. The predicted molar refractivity (Wildman–Crippen MR) is 81.9 cm³/mol. The molecule has 0 aliphatic rings. The second-order valence-corrected chi connectivity index (χ2v) is 6.38. The molecule has 1 aromatic rings. The van der Waals surface area contributed by atoms with Gasteiger partial charge in [0, 0.05) is 19.3 Å². The Kier molecular flexibility index (Phi) is 6.86. The first-order valence-electron chi connectivity index (χ1n) is 6.56. The molecule has 0 saturated carbocycles. The molecule has 0 atom stereocenters. The molecule has 7 nitrogen and oxygen atoms in total. The summed E-state index contributed by atoms with van der Waals surface area (Å²) >= 11 is 5.95. The largest absolute Gasteiger partial charge is 0.369 e. The predicted octanol–water partition coefficient (Wildman–Crippen LogP) is 0.971. The van der Waals surface area contributed by atoms with Crippen molar-refractivity contribution in [1.82, 2.24) is 15.0 Å². The third kappa shape index (κ3) is 5.49. The van der Waals surface area contributed by atoms with Crippen LogP contribution in [0, 0.1) is 0 Å². The fourth-order valence-electron chi connectivity index (χ4n) is 1.44. The van der Waals surface area contributed by atoms with Gasteiger partial charge in [0.15, 0.2) is 0 Å². The lowest BCUT2D eigenvalue weighted by molar-refractivity contribution is -0.119. The van der Waals surface area contributed by atoms with Gasteiger partial charge in [-0.3, -0.25) is 4.79 Å². The summed E-state index contributed by atoms with van der Waals surface area (Å²) in [6.07, 6.45) is 1.97. The average Bonchev–Trinajstić information content (AvgIpc) is 2.45. The van der Waals surface area contributed by atoms with Gasteiger partial charge in [-0.15, -0.1) is 0 Å². The van der Waals surface area contributed by atoms with E-state index in [9.17, 15) is 13.2 Å². The minimum atomic E-state index is -3.82. The summed E-state index contributed by atoms with van der Waals surface area (Å²) in [5, 5.41) is 5.69. The molecule has 9 heteroatoms. The van der Waals surface area contributed by atoms with Gasteiger partial charge in [-0.1, -0.05) is 18.5 Å². The SMILES string of the molecule is CCCNC(=O)CNS(=O)(=O)c1cnc(NCC)c(Cl)c1. The number of hydrogen-bond acceptors (Lipinski definition) is 5. The van der Waals surface area contributed by atoms with Crippen LogP contribution in [-0.2, 0) is 14.8 Å². The molecule has 1 amide bonds. The van der Waals surface area contributed by atoms with Gasteiger partial charge in [-0.05, 0) is 19.4 Å². The van der Waals surface area contributed by atoms with Gasteiger partial charge in [-0.2, -0.15) is 0 Å². The first-order chi connectivity index (χ1) is 9.90. The van der Waals surface area contributed by atoms with Crippen LogP contribution in [0.1, 0.15) is 20.3 Å².